The van der Waals surface area contributed by atoms with E-state index in [1.54, 1.807) is 7.11 Å². The zero-order chi connectivity index (χ0) is 14.8. The molecule has 1 fully saturated rings. The van der Waals surface area contributed by atoms with Crippen LogP contribution in [0.25, 0.3) is 0 Å². The monoisotopic (exact) mass is 284 g/mol. The molecule has 4 nitrogen and oxygen atoms in total. The van der Waals surface area contributed by atoms with Crippen molar-refractivity contribution < 1.29 is 9.53 Å². The molecule has 1 amide bonds. The average molecular weight is 284 g/mol. The second-order valence-electron chi connectivity index (χ2n) is 6.30. The zero-order valence-electron chi connectivity index (χ0n) is 13.2. The lowest BCUT2D eigenvalue weighted by molar-refractivity contribution is -0.125. The number of hydrogen-bond donors (Lipinski definition) is 2. The molecule has 0 aromatic heterocycles. The van der Waals surface area contributed by atoms with Gasteiger partial charge in [-0.25, -0.2) is 0 Å². The molecule has 4 heteroatoms. The third kappa shape index (κ3) is 5.80. The number of rotatable bonds is 9. The number of carbonyl (C=O) groups excluding carboxylic acids is 1. The summed E-state index contributed by atoms with van der Waals surface area (Å²) >= 11 is 0. The lowest BCUT2D eigenvalue weighted by Crippen LogP contribution is -2.43. The van der Waals surface area contributed by atoms with Gasteiger partial charge in [-0.2, -0.15) is 0 Å². The maximum atomic E-state index is 12.3. The lowest BCUT2D eigenvalue weighted by Gasteiger charge is -2.36. The molecule has 0 radical (unpaired) electrons. The van der Waals surface area contributed by atoms with E-state index >= 15 is 0 Å². The Hall–Kier alpha value is -0.610. The maximum absolute atomic E-state index is 12.3. The van der Waals surface area contributed by atoms with Crippen LogP contribution in [0.15, 0.2) is 0 Å². The van der Waals surface area contributed by atoms with Gasteiger partial charge in [0.15, 0.2) is 0 Å². The van der Waals surface area contributed by atoms with Crippen molar-refractivity contribution in [1.82, 2.24) is 5.32 Å². The van der Waals surface area contributed by atoms with E-state index in [9.17, 15) is 4.79 Å². The average Bonchev–Trinajstić information content (AvgIpc) is 2.46. The zero-order valence-corrected chi connectivity index (χ0v) is 13.2. The van der Waals surface area contributed by atoms with Crippen LogP contribution in [0.4, 0.5) is 0 Å². The maximum Gasteiger partial charge on any atom is 0.220 e. The Morgan fingerprint density at radius 3 is 2.60 bits per heavy atom. The van der Waals surface area contributed by atoms with Crippen LogP contribution >= 0.6 is 0 Å². The summed E-state index contributed by atoms with van der Waals surface area (Å²) in [5.74, 6) is 0.149. The Labute approximate surface area is 123 Å². The van der Waals surface area contributed by atoms with Crippen LogP contribution < -0.4 is 11.1 Å². The van der Waals surface area contributed by atoms with Gasteiger partial charge in [0, 0.05) is 13.5 Å². The van der Waals surface area contributed by atoms with E-state index in [1.165, 1.54) is 19.3 Å². The van der Waals surface area contributed by atoms with Gasteiger partial charge in [-0.05, 0) is 31.2 Å². The number of amides is 1. The van der Waals surface area contributed by atoms with Crippen LogP contribution in [-0.4, -0.2) is 32.2 Å². The predicted molar refractivity (Wildman–Crippen MR) is 82.5 cm³/mol. The topological polar surface area (TPSA) is 64.3 Å². The molecular weight excluding hydrogens is 252 g/mol. The first-order chi connectivity index (χ1) is 9.65. The predicted octanol–water partition coefficient (Wildman–Crippen LogP) is 2.61. The number of nitrogens with two attached hydrogens (primary N) is 1. The molecular formula is C16H32N2O2. The summed E-state index contributed by atoms with van der Waals surface area (Å²) in [5.41, 5.74) is 6.00. The number of unbranched alkanes of at least 4 members (excludes halogenated alkanes) is 1. The van der Waals surface area contributed by atoms with Gasteiger partial charge in [0.2, 0.25) is 5.91 Å². The molecule has 1 saturated carbocycles. The number of carbonyl (C=O) groups is 1. The van der Waals surface area contributed by atoms with Gasteiger partial charge in [-0.1, -0.05) is 39.0 Å². The summed E-state index contributed by atoms with van der Waals surface area (Å²) < 4.78 is 5.20. The molecule has 0 aromatic rings. The first-order valence-electron chi connectivity index (χ1n) is 8.14. The fourth-order valence-electron chi connectivity index (χ4n) is 3.22. The number of hydrogen-bond acceptors (Lipinski definition) is 3. The van der Waals surface area contributed by atoms with E-state index < -0.39 is 0 Å². The fourth-order valence-corrected chi connectivity index (χ4v) is 3.22. The largest absolute Gasteiger partial charge is 0.383 e. The minimum absolute atomic E-state index is 0.0463. The van der Waals surface area contributed by atoms with E-state index in [-0.39, 0.29) is 17.4 Å². The Morgan fingerprint density at radius 1 is 1.35 bits per heavy atom. The molecule has 0 heterocycles. The molecule has 3 N–H and O–H groups in total. The van der Waals surface area contributed by atoms with Gasteiger partial charge in [-0.3, -0.25) is 4.79 Å². The lowest BCUT2D eigenvalue weighted by atomic mass is 9.71. The molecule has 20 heavy (non-hydrogen) atoms. The molecule has 1 aliphatic rings. The molecule has 0 aromatic carbocycles. The summed E-state index contributed by atoms with van der Waals surface area (Å²) in [6.07, 6.45) is 9.73. The van der Waals surface area contributed by atoms with E-state index in [2.05, 4.69) is 12.2 Å². The van der Waals surface area contributed by atoms with Gasteiger partial charge in [-0.15, -0.1) is 0 Å². The van der Waals surface area contributed by atoms with E-state index in [0.717, 1.165) is 32.1 Å². The van der Waals surface area contributed by atoms with Crippen molar-refractivity contribution in [1.29, 1.82) is 0 Å². The first-order valence-corrected chi connectivity index (χ1v) is 8.14. The van der Waals surface area contributed by atoms with Gasteiger partial charge in [0.25, 0.3) is 0 Å². The SMILES string of the molecule is CCCCC(COC)NC(=O)CC1(CN)CCCCC1. The smallest absolute Gasteiger partial charge is 0.220 e. The highest BCUT2D eigenvalue weighted by Gasteiger charge is 2.33. The van der Waals surface area contributed by atoms with Crippen molar-refractivity contribution in [3.05, 3.63) is 0 Å². The summed E-state index contributed by atoms with van der Waals surface area (Å²) in [6, 6.07) is 0.144. The Bertz CT molecular complexity index is 276. The normalized spacial score (nSPS) is 19.6. The van der Waals surface area contributed by atoms with Crippen molar-refractivity contribution in [2.45, 2.75) is 70.8 Å². The molecule has 1 rings (SSSR count). The molecule has 1 aliphatic carbocycles. The fraction of sp³-hybridized carbons (Fsp3) is 0.938. The van der Waals surface area contributed by atoms with Crippen LogP contribution in [0, 0.1) is 5.41 Å². The van der Waals surface area contributed by atoms with E-state index in [0.29, 0.717) is 19.6 Å². The van der Waals surface area contributed by atoms with Crippen LogP contribution in [0.5, 0.6) is 0 Å². The van der Waals surface area contributed by atoms with Crippen molar-refractivity contribution in [3.63, 3.8) is 0 Å². The minimum atomic E-state index is 0.0463. The summed E-state index contributed by atoms with van der Waals surface area (Å²) in [5, 5.41) is 3.14. The molecule has 1 atom stereocenters. The Morgan fingerprint density at radius 2 is 2.05 bits per heavy atom. The van der Waals surface area contributed by atoms with Crippen LogP contribution in [-0.2, 0) is 9.53 Å². The minimum Gasteiger partial charge on any atom is -0.383 e. The van der Waals surface area contributed by atoms with Gasteiger partial charge in [0.05, 0.1) is 12.6 Å². The highest BCUT2D eigenvalue weighted by atomic mass is 16.5. The number of nitrogens with one attached hydrogen (secondary N) is 1. The highest BCUT2D eigenvalue weighted by molar-refractivity contribution is 5.77. The van der Waals surface area contributed by atoms with Crippen molar-refractivity contribution in [3.8, 4) is 0 Å². The third-order valence-corrected chi connectivity index (χ3v) is 4.52. The number of methoxy groups -OCH3 is 1. The molecule has 0 bridgehead atoms. The van der Waals surface area contributed by atoms with Crippen LogP contribution in [0.3, 0.4) is 0 Å². The molecule has 0 spiro atoms. The van der Waals surface area contributed by atoms with Crippen molar-refractivity contribution in [2.75, 3.05) is 20.3 Å². The van der Waals surface area contributed by atoms with Gasteiger partial charge >= 0.3 is 0 Å². The molecule has 0 saturated heterocycles. The standard InChI is InChI=1S/C16H32N2O2/c1-3-4-8-14(12-20-2)18-15(19)11-16(13-17)9-6-5-7-10-16/h14H,3-13,17H2,1-2H3,(H,18,19). The van der Waals surface area contributed by atoms with Crippen LogP contribution in [0.2, 0.25) is 0 Å². The highest BCUT2D eigenvalue weighted by Crippen LogP contribution is 2.38. The second kappa shape index (κ2) is 9.35. The molecule has 0 aliphatic heterocycles. The van der Waals surface area contributed by atoms with E-state index in [1.807, 2.05) is 0 Å². The Balaban J connectivity index is 2.46. The summed E-state index contributed by atoms with van der Waals surface area (Å²) in [6.45, 7) is 3.39. The summed E-state index contributed by atoms with van der Waals surface area (Å²) in [7, 11) is 1.69. The van der Waals surface area contributed by atoms with Crippen molar-refractivity contribution >= 4 is 5.91 Å². The quantitative estimate of drug-likeness (QED) is 0.684. The van der Waals surface area contributed by atoms with Crippen molar-refractivity contribution in [2.24, 2.45) is 11.1 Å². The van der Waals surface area contributed by atoms with E-state index in [4.69, 9.17) is 10.5 Å². The van der Waals surface area contributed by atoms with Crippen LogP contribution in [0.1, 0.15) is 64.7 Å². The third-order valence-electron chi connectivity index (χ3n) is 4.52. The molecule has 1 unspecified atom stereocenters. The van der Waals surface area contributed by atoms with Gasteiger partial charge in [0.1, 0.15) is 0 Å². The summed E-state index contributed by atoms with van der Waals surface area (Å²) in [4.78, 5) is 12.3. The van der Waals surface area contributed by atoms with Gasteiger partial charge < -0.3 is 15.8 Å². The first kappa shape index (κ1) is 17.4. The molecule has 118 valence electrons. The second-order valence-corrected chi connectivity index (χ2v) is 6.30. The number of ether oxygens (including phenoxy) is 1. The Kier molecular flexibility index (Phi) is 8.15.